The van der Waals surface area contributed by atoms with Gasteiger partial charge in [0.2, 0.25) is 0 Å². The van der Waals surface area contributed by atoms with Crippen LogP contribution in [0.5, 0.6) is 5.75 Å². The third kappa shape index (κ3) is 3.12. The Morgan fingerprint density at radius 2 is 1.85 bits per heavy atom. The highest BCUT2D eigenvalue weighted by atomic mass is 79.9. The van der Waals surface area contributed by atoms with Crippen LogP contribution in [-0.2, 0) is 0 Å². The maximum absolute atomic E-state index is 6.34. The molecule has 2 N–H and O–H groups in total. The Kier molecular flexibility index (Phi) is 4.97. The number of rotatable bonds is 3. The molecule has 2 rings (SSSR count). The van der Waals surface area contributed by atoms with Crippen molar-refractivity contribution in [3.63, 3.8) is 0 Å². The maximum Gasteiger partial charge on any atom is 0.124 e. The molecule has 0 fully saturated rings. The van der Waals surface area contributed by atoms with Gasteiger partial charge in [-0.1, -0.05) is 39.1 Å². The lowest BCUT2D eigenvalue weighted by Gasteiger charge is -2.19. The standard InChI is InChI=1S/C15H14BrCl2NO/c1-8-5-14(20-2)11(7-12(8)16)15(19)10-6-9(17)3-4-13(10)18/h3-7,15H,19H2,1-2H3. The molecule has 2 aromatic carbocycles. The molecule has 106 valence electrons. The quantitative estimate of drug-likeness (QED) is 0.808. The van der Waals surface area contributed by atoms with Crippen LogP contribution >= 0.6 is 39.1 Å². The third-order valence-corrected chi connectivity index (χ3v) is 4.57. The predicted octanol–water partition coefficient (Wildman–Crippen LogP) is 5.12. The number of ether oxygens (including phenoxy) is 1. The van der Waals surface area contributed by atoms with E-state index in [1.807, 2.05) is 19.1 Å². The van der Waals surface area contributed by atoms with Crippen LogP contribution in [0.4, 0.5) is 0 Å². The minimum absolute atomic E-state index is 0.409. The summed E-state index contributed by atoms with van der Waals surface area (Å²) in [7, 11) is 1.62. The summed E-state index contributed by atoms with van der Waals surface area (Å²) in [6, 6.07) is 8.75. The van der Waals surface area contributed by atoms with E-state index in [4.69, 9.17) is 33.7 Å². The molecule has 2 aromatic rings. The highest BCUT2D eigenvalue weighted by Gasteiger charge is 2.18. The second-order valence-electron chi connectivity index (χ2n) is 4.49. The summed E-state index contributed by atoms with van der Waals surface area (Å²) in [6.07, 6.45) is 0. The molecule has 1 unspecified atom stereocenters. The van der Waals surface area contributed by atoms with E-state index in [1.54, 1.807) is 25.3 Å². The van der Waals surface area contributed by atoms with Gasteiger partial charge in [-0.25, -0.2) is 0 Å². The van der Waals surface area contributed by atoms with E-state index in [2.05, 4.69) is 15.9 Å². The summed E-state index contributed by atoms with van der Waals surface area (Å²) in [4.78, 5) is 0. The molecule has 20 heavy (non-hydrogen) atoms. The van der Waals surface area contributed by atoms with E-state index < -0.39 is 6.04 Å². The van der Waals surface area contributed by atoms with Crippen LogP contribution in [0.3, 0.4) is 0 Å². The molecule has 5 heteroatoms. The number of nitrogens with two attached hydrogens (primary N) is 1. The molecule has 0 heterocycles. The predicted molar refractivity (Wildman–Crippen MR) is 87.9 cm³/mol. The SMILES string of the molecule is COc1cc(C)c(Br)cc1C(N)c1cc(Cl)ccc1Cl. The Bertz CT molecular complexity index is 646. The minimum Gasteiger partial charge on any atom is -0.496 e. The Morgan fingerprint density at radius 1 is 1.15 bits per heavy atom. The first-order valence-corrected chi connectivity index (χ1v) is 7.53. The van der Waals surface area contributed by atoms with Crippen LogP contribution in [0.2, 0.25) is 10.0 Å². The zero-order chi connectivity index (χ0) is 14.9. The van der Waals surface area contributed by atoms with Crippen molar-refractivity contribution < 1.29 is 4.74 Å². The van der Waals surface area contributed by atoms with Gasteiger partial charge < -0.3 is 10.5 Å². The second-order valence-corrected chi connectivity index (χ2v) is 6.18. The van der Waals surface area contributed by atoms with Crippen molar-refractivity contribution in [1.29, 1.82) is 0 Å². The molecule has 0 aliphatic heterocycles. The van der Waals surface area contributed by atoms with Gasteiger partial charge in [0, 0.05) is 20.1 Å². The highest BCUT2D eigenvalue weighted by molar-refractivity contribution is 9.10. The molecule has 0 bridgehead atoms. The number of hydrogen-bond acceptors (Lipinski definition) is 2. The second kappa shape index (κ2) is 6.35. The average Bonchev–Trinajstić information content (AvgIpc) is 2.43. The lowest BCUT2D eigenvalue weighted by Crippen LogP contribution is -2.14. The molecule has 0 saturated heterocycles. The number of halogens is 3. The van der Waals surface area contributed by atoms with Crippen molar-refractivity contribution >= 4 is 39.1 Å². The first-order valence-electron chi connectivity index (χ1n) is 5.98. The van der Waals surface area contributed by atoms with Crippen LogP contribution in [0.1, 0.15) is 22.7 Å². The van der Waals surface area contributed by atoms with Gasteiger partial charge in [-0.3, -0.25) is 0 Å². The summed E-state index contributed by atoms with van der Waals surface area (Å²) in [5, 5.41) is 1.19. The average molecular weight is 375 g/mol. The summed E-state index contributed by atoms with van der Waals surface area (Å²) < 4.78 is 6.39. The van der Waals surface area contributed by atoms with Gasteiger partial charge in [-0.15, -0.1) is 0 Å². The third-order valence-electron chi connectivity index (χ3n) is 3.14. The normalized spacial score (nSPS) is 12.3. The maximum atomic E-state index is 6.34. The lowest BCUT2D eigenvalue weighted by atomic mass is 9.97. The molecular formula is C15H14BrCl2NO. The number of benzene rings is 2. The van der Waals surface area contributed by atoms with E-state index in [1.165, 1.54) is 0 Å². The molecule has 0 radical (unpaired) electrons. The van der Waals surface area contributed by atoms with Gasteiger partial charge in [0.15, 0.2) is 0 Å². The van der Waals surface area contributed by atoms with Gasteiger partial charge in [-0.2, -0.15) is 0 Å². The van der Waals surface area contributed by atoms with Gasteiger partial charge in [0.1, 0.15) is 5.75 Å². The van der Waals surface area contributed by atoms with Crippen LogP contribution in [-0.4, -0.2) is 7.11 Å². The summed E-state index contributed by atoms with van der Waals surface area (Å²) in [5.74, 6) is 0.731. The van der Waals surface area contributed by atoms with Gasteiger partial charge >= 0.3 is 0 Å². The Hall–Kier alpha value is -0.740. The van der Waals surface area contributed by atoms with Gasteiger partial charge in [-0.05, 0) is 48.4 Å². The van der Waals surface area contributed by atoms with Crippen LogP contribution in [0.15, 0.2) is 34.8 Å². The van der Waals surface area contributed by atoms with Crippen LogP contribution in [0, 0.1) is 6.92 Å². The summed E-state index contributed by atoms with van der Waals surface area (Å²) in [5.41, 5.74) is 9.04. The van der Waals surface area contributed by atoms with Crippen LogP contribution < -0.4 is 10.5 Å². The Labute approximate surface area is 137 Å². The summed E-state index contributed by atoms with van der Waals surface area (Å²) in [6.45, 7) is 1.99. The van der Waals surface area contributed by atoms with E-state index in [0.717, 1.165) is 26.9 Å². The van der Waals surface area contributed by atoms with Gasteiger partial charge in [0.25, 0.3) is 0 Å². The van der Waals surface area contributed by atoms with E-state index in [0.29, 0.717) is 10.0 Å². The van der Waals surface area contributed by atoms with E-state index in [-0.39, 0.29) is 0 Å². The molecule has 1 atom stereocenters. The molecule has 2 nitrogen and oxygen atoms in total. The monoisotopic (exact) mass is 373 g/mol. The van der Waals surface area contributed by atoms with Crippen molar-refractivity contribution in [2.45, 2.75) is 13.0 Å². The fraction of sp³-hybridized carbons (Fsp3) is 0.200. The first kappa shape index (κ1) is 15.6. The number of hydrogen-bond donors (Lipinski definition) is 1. The smallest absolute Gasteiger partial charge is 0.124 e. The van der Waals surface area contributed by atoms with Crippen molar-refractivity contribution in [1.82, 2.24) is 0 Å². The van der Waals surface area contributed by atoms with Crippen LogP contribution in [0.25, 0.3) is 0 Å². The Balaban J connectivity index is 2.55. The van der Waals surface area contributed by atoms with Crippen molar-refractivity contribution in [3.05, 3.63) is 61.5 Å². The molecule has 0 aliphatic rings. The van der Waals surface area contributed by atoms with Crippen molar-refractivity contribution in [2.75, 3.05) is 7.11 Å². The van der Waals surface area contributed by atoms with Crippen molar-refractivity contribution in [3.8, 4) is 5.75 Å². The fourth-order valence-electron chi connectivity index (χ4n) is 2.01. The minimum atomic E-state index is -0.409. The summed E-state index contributed by atoms with van der Waals surface area (Å²) >= 11 is 15.8. The molecule has 0 aliphatic carbocycles. The fourth-order valence-corrected chi connectivity index (χ4v) is 2.79. The Morgan fingerprint density at radius 3 is 2.50 bits per heavy atom. The lowest BCUT2D eigenvalue weighted by molar-refractivity contribution is 0.407. The number of methoxy groups -OCH3 is 1. The van der Waals surface area contributed by atoms with Crippen molar-refractivity contribution in [2.24, 2.45) is 5.73 Å². The molecular weight excluding hydrogens is 361 g/mol. The molecule has 0 aromatic heterocycles. The molecule has 0 saturated carbocycles. The van der Waals surface area contributed by atoms with E-state index in [9.17, 15) is 0 Å². The molecule has 0 amide bonds. The highest BCUT2D eigenvalue weighted by Crippen LogP contribution is 2.36. The first-order chi connectivity index (χ1) is 9.43. The number of aryl methyl sites for hydroxylation is 1. The zero-order valence-electron chi connectivity index (χ0n) is 11.1. The van der Waals surface area contributed by atoms with E-state index >= 15 is 0 Å². The molecule has 0 spiro atoms. The van der Waals surface area contributed by atoms with Gasteiger partial charge in [0.05, 0.1) is 13.2 Å². The largest absolute Gasteiger partial charge is 0.496 e. The topological polar surface area (TPSA) is 35.2 Å². The zero-order valence-corrected chi connectivity index (χ0v) is 14.2.